The van der Waals surface area contributed by atoms with E-state index in [9.17, 15) is 22.8 Å². The van der Waals surface area contributed by atoms with Crippen LogP contribution in [0.4, 0.5) is 13.2 Å². The lowest BCUT2D eigenvalue weighted by atomic mass is 9.77. The summed E-state index contributed by atoms with van der Waals surface area (Å²) in [6, 6.07) is 3.92. The van der Waals surface area contributed by atoms with Gasteiger partial charge in [0.05, 0.1) is 0 Å². The molecule has 1 aromatic rings. The number of nitrogens with zero attached hydrogens (tertiary/aromatic N) is 3. The molecule has 0 atom stereocenters. The number of carboxylic acid groups (broad SMARTS) is 1. The van der Waals surface area contributed by atoms with Gasteiger partial charge in [0.15, 0.2) is 0 Å². The van der Waals surface area contributed by atoms with Crippen LogP contribution in [0, 0.1) is 11.3 Å². The molecule has 1 spiro atoms. The van der Waals surface area contributed by atoms with E-state index in [1.807, 2.05) is 28.1 Å². The van der Waals surface area contributed by atoms with Gasteiger partial charge in [0.25, 0.3) is 0 Å². The van der Waals surface area contributed by atoms with Gasteiger partial charge in [0, 0.05) is 69.5 Å². The van der Waals surface area contributed by atoms with E-state index in [-0.39, 0.29) is 17.2 Å². The molecule has 1 N–H and O–H groups in total. The molecule has 3 aliphatic heterocycles. The number of carbonyl (C=O) groups is 3. The van der Waals surface area contributed by atoms with Crippen molar-refractivity contribution in [1.82, 2.24) is 14.8 Å². The second-order valence-electron chi connectivity index (χ2n) is 8.80. The molecule has 0 radical (unpaired) electrons. The SMILES string of the molecule is O=C(O)C(F)(F)F.O=C1CC2(CCN(C(=O)C3CCOCC3)CC2)CN1Cc1cccnc1. The normalized spacial score (nSPS) is 21.0. The number of alkyl halides is 3. The highest BCUT2D eigenvalue weighted by Gasteiger charge is 2.45. The third-order valence-electron chi connectivity index (χ3n) is 6.45. The molecular weight excluding hydrogens is 443 g/mol. The first-order chi connectivity index (χ1) is 15.6. The van der Waals surface area contributed by atoms with Crippen LogP contribution in [-0.4, -0.2) is 76.7 Å². The molecule has 1 aromatic heterocycles. The minimum Gasteiger partial charge on any atom is -0.475 e. The predicted octanol–water partition coefficient (Wildman–Crippen LogP) is 2.48. The third-order valence-corrected chi connectivity index (χ3v) is 6.45. The highest BCUT2D eigenvalue weighted by molar-refractivity contribution is 5.80. The molecule has 33 heavy (non-hydrogen) atoms. The zero-order chi connectivity index (χ0) is 24.1. The molecule has 11 heteroatoms. The van der Waals surface area contributed by atoms with Gasteiger partial charge in [-0.25, -0.2) is 4.79 Å². The lowest BCUT2D eigenvalue weighted by Gasteiger charge is -2.40. The minimum absolute atomic E-state index is 0.0474. The van der Waals surface area contributed by atoms with Gasteiger partial charge < -0.3 is 19.6 Å². The number of carboxylic acids is 1. The molecule has 0 bridgehead atoms. The van der Waals surface area contributed by atoms with Gasteiger partial charge in [0.1, 0.15) is 0 Å². The van der Waals surface area contributed by atoms with Crippen molar-refractivity contribution in [3.8, 4) is 0 Å². The van der Waals surface area contributed by atoms with Gasteiger partial charge in [-0.15, -0.1) is 0 Å². The number of hydrogen-bond donors (Lipinski definition) is 1. The Morgan fingerprint density at radius 3 is 2.39 bits per heavy atom. The summed E-state index contributed by atoms with van der Waals surface area (Å²) >= 11 is 0. The number of pyridine rings is 1. The number of likely N-dealkylation sites (tertiary alicyclic amines) is 2. The molecule has 3 aliphatic rings. The summed E-state index contributed by atoms with van der Waals surface area (Å²) in [6.45, 7) is 4.41. The largest absolute Gasteiger partial charge is 0.490 e. The van der Waals surface area contributed by atoms with E-state index in [2.05, 4.69) is 4.98 Å². The van der Waals surface area contributed by atoms with E-state index in [1.165, 1.54) is 0 Å². The summed E-state index contributed by atoms with van der Waals surface area (Å²) in [4.78, 5) is 42.3. The van der Waals surface area contributed by atoms with Crippen molar-refractivity contribution in [2.75, 3.05) is 32.8 Å². The first-order valence-corrected chi connectivity index (χ1v) is 10.9. The molecule has 0 unspecified atom stereocenters. The summed E-state index contributed by atoms with van der Waals surface area (Å²) < 4.78 is 37.1. The zero-order valence-corrected chi connectivity index (χ0v) is 18.2. The lowest BCUT2D eigenvalue weighted by molar-refractivity contribution is -0.192. The third kappa shape index (κ3) is 6.66. The summed E-state index contributed by atoms with van der Waals surface area (Å²) in [7, 11) is 0. The van der Waals surface area contributed by atoms with Crippen LogP contribution >= 0.6 is 0 Å². The number of rotatable bonds is 3. The van der Waals surface area contributed by atoms with E-state index >= 15 is 0 Å². The minimum atomic E-state index is -5.08. The maximum atomic E-state index is 12.7. The highest BCUT2D eigenvalue weighted by Crippen LogP contribution is 2.41. The van der Waals surface area contributed by atoms with Crippen molar-refractivity contribution < 1.29 is 37.4 Å². The first kappa shape index (κ1) is 24.9. The number of aromatic nitrogens is 1. The van der Waals surface area contributed by atoms with Crippen LogP contribution in [0.3, 0.4) is 0 Å². The molecule has 4 heterocycles. The summed E-state index contributed by atoms with van der Waals surface area (Å²) in [5, 5.41) is 7.12. The molecule has 8 nitrogen and oxygen atoms in total. The predicted molar refractivity (Wildman–Crippen MR) is 110 cm³/mol. The second kappa shape index (κ2) is 10.5. The number of aliphatic carboxylic acids is 1. The Balaban J connectivity index is 0.000000383. The average molecular weight is 471 g/mol. The van der Waals surface area contributed by atoms with E-state index in [0.29, 0.717) is 32.1 Å². The van der Waals surface area contributed by atoms with Gasteiger partial charge in [-0.3, -0.25) is 14.6 Å². The maximum absolute atomic E-state index is 12.7. The van der Waals surface area contributed by atoms with Crippen LogP contribution in [0.2, 0.25) is 0 Å². The highest BCUT2D eigenvalue weighted by atomic mass is 19.4. The topological polar surface area (TPSA) is 100 Å². The van der Waals surface area contributed by atoms with Crippen LogP contribution < -0.4 is 0 Å². The van der Waals surface area contributed by atoms with Gasteiger partial charge >= 0.3 is 12.1 Å². The standard InChI is InChI=1S/C20H27N3O3.C2HF3O2/c24-18-12-20(15-23(18)14-16-2-1-7-21-13-16)5-8-22(9-6-20)19(25)17-3-10-26-11-4-17;3-2(4,5)1(6)7/h1-2,7,13,17H,3-6,8-12,14-15H2;(H,6,7). The number of amides is 2. The van der Waals surface area contributed by atoms with E-state index in [0.717, 1.165) is 50.9 Å². The first-order valence-electron chi connectivity index (χ1n) is 10.9. The number of carbonyl (C=O) groups excluding carboxylic acids is 2. The van der Waals surface area contributed by atoms with Crippen molar-refractivity contribution in [2.24, 2.45) is 11.3 Å². The van der Waals surface area contributed by atoms with Crippen molar-refractivity contribution in [3.05, 3.63) is 30.1 Å². The molecule has 0 aliphatic carbocycles. The Bertz CT molecular complexity index is 835. The fourth-order valence-electron chi connectivity index (χ4n) is 4.58. The Morgan fingerprint density at radius 2 is 1.85 bits per heavy atom. The fraction of sp³-hybridized carbons (Fsp3) is 0.636. The van der Waals surface area contributed by atoms with Crippen LogP contribution in [0.15, 0.2) is 24.5 Å². The van der Waals surface area contributed by atoms with Gasteiger partial charge in [-0.2, -0.15) is 13.2 Å². The molecular formula is C22H28F3N3O5. The molecule has 3 fully saturated rings. The molecule has 3 saturated heterocycles. The summed E-state index contributed by atoms with van der Waals surface area (Å²) in [6.07, 6.45) is 2.66. The van der Waals surface area contributed by atoms with E-state index < -0.39 is 12.1 Å². The van der Waals surface area contributed by atoms with Crippen LogP contribution in [0.1, 0.15) is 37.7 Å². The lowest BCUT2D eigenvalue weighted by Crippen LogP contribution is -2.47. The van der Waals surface area contributed by atoms with Crippen LogP contribution in [-0.2, 0) is 25.7 Å². The Hall–Kier alpha value is -2.69. The smallest absolute Gasteiger partial charge is 0.475 e. The Morgan fingerprint density at radius 1 is 1.21 bits per heavy atom. The van der Waals surface area contributed by atoms with Gasteiger partial charge in [0.2, 0.25) is 11.8 Å². The quantitative estimate of drug-likeness (QED) is 0.727. The van der Waals surface area contributed by atoms with Crippen molar-refractivity contribution >= 4 is 17.8 Å². The average Bonchev–Trinajstić information content (AvgIpc) is 3.09. The fourth-order valence-corrected chi connectivity index (χ4v) is 4.58. The van der Waals surface area contributed by atoms with Crippen LogP contribution in [0.25, 0.3) is 0 Å². The van der Waals surface area contributed by atoms with E-state index in [4.69, 9.17) is 14.6 Å². The molecule has 2 amide bonds. The van der Waals surface area contributed by atoms with Gasteiger partial charge in [-0.1, -0.05) is 6.07 Å². The number of piperidine rings is 1. The molecule has 0 aromatic carbocycles. The van der Waals surface area contributed by atoms with Gasteiger partial charge in [-0.05, 0) is 37.3 Å². The number of hydrogen-bond acceptors (Lipinski definition) is 5. The Kier molecular flexibility index (Phi) is 7.93. The monoisotopic (exact) mass is 471 g/mol. The number of ether oxygens (including phenoxy) is 1. The molecule has 4 rings (SSSR count). The molecule has 182 valence electrons. The summed E-state index contributed by atoms with van der Waals surface area (Å²) in [5.41, 5.74) is 1.12. The molecule has 0 saturated carbocycles. The maximum Gasteiger partial charge on any atom is 0.490 e. The summed E-state index contributed by atoms with van der Waals surface area (Å²) in [5.74, 6) is -2.10. The number of halogens is 3. The zero-order valence-electron chi connectivity index (χ0n) is 18.2. The van der Waals surface area contributed by atoms with Crippen LogP contribution in [0.5, 0.6) is 0 Å². The van der Waals surface area contributed by atoms with E-state index in [1.54, 1.807) is 6.20 Å². The second-order valence-corrected chi connectivity index (χ2v) is 8.80. The Labute approximate surface area is 189 Å². The van der Waals surface area contributed by atoms with Crippen molar-refractivity contribution in [2.45, 2.75) is 44.8 Å². The van der Waals surface area contributed by atoms with Crippen molar-refractivity contribution in [3.63, 3.8) is 0 Å². The van der Waals surface area contributed by atoms with Crippen molar-refractivity contribution in [1.29, 1.82) is 0 Å².